The summed E-state index contributed by atoms with van der Waals surface area (Å²) >= 11 is 0. The molecule has 1 fully saturated rings. The van der Waals surface area contributed by atoms with Crippen molar-refractivity contribution >= 4 is 11.7 Å². The second-order valence-corrected chi connectivity index (χ2v) is 7.86. The molecule has 2 amide bonds. The summed E-state index contributed by atoms with van der Waals surface area (Å²) in [6, 6.07) is 3.78. The number of hydrogen-bond acceptors (Lipinski definition) is 3. The van der Waals surface area contributed by atoms with E-state index in [-0.39, 0.29) is 30.2 Å². The van der Waals surface area contributed by atoms with Crippen LogP contribution in [0.1, 0.15) is 38.7 Å². The number of rotatable bonds is 8. The van der Waals surface area contributed by atoms with E-state index in [1.165, 1.54) is 12.1 Å². The van der Waals surface area contributed by atoms with Crippen LogP contribution < -0.4 is 5.32 Å². The summed E-state index contributed by atoms with van der Waals surface area (Å²) in [5.74, 6) is 0.364. The Morgan fingerprint density at radius 1 is 1.34 bits per heavy atom. The Hall–Kier alpha value is -1.80. The van der Waals surface area contributed by atoms with Gasteiger partial charge in [-0.1, -0.05) is 32.8 Å². The molecule has 0 unspecified atom stereocenters. The number of halogens is 3. The van der Waals surface area contributed by atoms with E-state index in [9.17, 15) is 23.1 Å². The summed E-state index contributed by atoms with van der Waals surface area (Å²) in [4.78, 5) is 16.6. The number of anilines is 1. The van der Waals surface area contributed by atoms with E-state index in [0.717, 1.165) is 44.5 Å². The number of nitrogens with one attached hydrogen (secondary N) is 1. The minimum atomic E-state index is -4.47. The van der Waals surface area contributed by atoms with Crippen molar-refractivity contribution in [2.24, 2.45) is 11.8 Å². The number of carbonyl (C=O) groups is 1. The normalized spacial score (nSPS) is 22.3. The van der Waals surface area contributed by atoms with Crippen LogP contribution in [-0.2, 0) is 6.18 Å². The molecule has 2 rings (SSSR count). The third-order valence-electron chi connectivity index (χ3n) is 5.76. The van der Waals surface area contributed by atoms with Crippen molar-refractivity contribution in [3.63, 3.8) is 0 Å². The number of urea groups is 1. The van der Waals surface area contributed by atoms with Gasteiger partial charge in [-0.2, -0.15) is 13.2 Å². The van der Waals surface area contributed by atoms with Gasteiger partial charge in [0.2, 0.25) is 0 Å². The minimum absolute atomic E-state index is 0.0954. The molecule has 1 heterocycles. The number of benzene rings is 1. The average Bonchev–Trinajstić information content (AvgIpc) is 3.03. The van der Waals surface area contributed by atoms with Crippen molar-refractivity contribution in [3.8, 4) is 0 Å². The molecule has 2 N–H and O–H groups in total. The topological polar surface area (TPSA) is 55.8 Å². The highest BCUT2D eigenvalue weighted by Crippen LogP contribution is 2.34. The van der Waals surface area contributed by atoms with Gasteiger partial charge in [0.15, 0.2) is 0 Å². The predicted octanol–water partition coefficient (Wildman–Crippen LogP) is 4.29. The number of alkyl halides is 3. The van der Waals surface area contributed by atoms with Gasteiger partial charge in [-0.05, 0) is 50.0 Å². The minimum Gasteiger partial charge on any atom is -0.394 e. The second kappa shape index (κ2) is 10.3. The van der Waals surface area contributed by atoms with Crippen LogP contribution in [0.2, 0.25) is 0 Å². The molecule has 0 aliphatic carbocycles. The fourth-order valence-corrected chi connectivity index (χ4v) is 4.09. The molecule has 0 bridgehead atoms. The molecule has 0 spiro atoms. The van der Waals surface area contributed by atoms with E-state index in [1.54, 1.807) is 4.90 Å². The Labute approximate surface area is 170 Å². The smallest absolute Gasteiger partial charge is 0.394 e. The fourth-order valence-electron chi connectivity index (χ4n) is 4.09. The lowest BCUT2D eigenvalue weighted by molar-refractivity contribution is -0.137. The van der Waals surface area contributed by atoms with Crippen molar-refractivity contribution in [3.05, 3.63) is 29.8 Å². The van der Waals surface area contributed by atoms with Crippen molar-refractivity contribution in [1.82, 2.24) is 9.80 Å². The molecule has 1 aliphatic rings. The van der Waals surface area contributed by atoms with E-state index in [1.807, 2.05) is 7.05 Å². The Kier molecular flexibility index (Phi) is 8.34. The first-order valence-electron chi connectivity index (χ1n) is 10.3. The fraction of sp³-hybridized carbons (Fsp3) is 0.667. The highest BCUT2D eigenvalue weighted by molar-refractivity contribution is 5.90. The third-order valence-corrected chi connectivity index (χ3v) is 5.76. The lowest BCUT2D eigenvalue weighted by Gasteiger charge is -2.30. The molecule has 3 atom stereocenters. The molecule has 0 radical (unpaired) electrons. The highest BCUT2D eigenvalue weighted by atomic mass is 19.4. The first-order chi connectivity index (χ1) is 13.7. The van der Waals surface area contributed by atoms with Gasteiger partial charge in [0.25, 0.3) is 0 Å². The summed E-state index contributed by atoms with van der Waals surface area (Å²) in [7, 11) is 2.04. The lowest BCUT2D eigenvalue weighted by atomic mass is 9.88. The van der Waals surface area contributed by atoms with Gasteiger partial charge in [0.1, 0.15) is 0 Å². The molecule has 0 aromatic heterocycles. The van der Waals surface area contributed by atoms with Crippen LogP contribution in [-0.4, -0.2) is 60.3 Å². The van der Waals surface area contributed by atoms with Crippen molar-refractivity contribution in [2.45, 2.75) is 45.3 Å². The van der Waals surface area contributed by atoms with Crippen molar-refractivity contribution in [1.29, 1.82) is 0 Å². The van der Waals surface area contributed by atoms with Gasteiger partial charge < -0.3 is 20.2 Å². The molecular formula is C21H32F3N3O2. The van der Waals surface area contributed by atoms with Crippen LogP contribution >= 0.6 is 0 Å². The van der Waals surface area contributed by atoms with Crippen LogP contribution in [0.4, 0.5) is 23.7 Å². The second-order valence-electron chi connectivity index (χ2n) is 7.86. The first kappa shape index (κ1) is 23.5. The number of aliphatic hydroxyl groups excluding tert-OH is 1. The monoisotopic (exact) mass is 415 g/mol. The first-order valence-corrected chi connectivity index (χ1v) is 10.3. The van der Waals surface area contributed by atoms with Gasteiger partial charge in [0.05, 0.1) is 18.2 Å². The van der Waals surface area contributed by atoms with Crippen molar-refractivity contribution in [2.75, 3.05) is 38.6 Å². The van der Waals surface area contributed by atoms with E-state index >= 15 is 0 Å². The molecule has 164 valence electrons. The number of aliphatic hydroxyl groups is 1. The van der Waals surface area contributed by atoms with E-state index in [0.29, 0.717) is 6.54 Å². The maximum absolute atomic E-state index is 12.9. The molecule has 5 nitrogen and oxygen atoms in total. The van der Waals surface area contributed by atoms with Gasteiger partial charge in [-0.15, -0.1) is 0 Å². The number of likely N-dealkylation sites (tertiary alicyclic amines) is 1. The van der Waals surface area contributed by atoms with Crippen LogP contribution in [0.15, 0.2) is 24.3 Å². The summed E-state index contributed by atoms with van der Waals surface area (Å²) < 4.78 is 38.8. The summed E-state index contributed by atoms with van der Waals surface area (Å²) in [5, 5.41) is 12.6. The number of unbranched alkanes of at least 4 members (excludes halogenated alkanes) is 1. The SMILES string of the molecule is CCCCN(C)C[C@@H]1[C@H](CC)CN(C(=O)Nc2cccc(C(F)(F)F)c2)[C@@H]1CO. The van der Waals surface area contributed by atoms with Crippen LogP contribution in [0.5, 0.6) is 0 Å². The van der Waals surface area contributed by atoms with E-state index in [2.05, 4.69) is 24.1 Å². The Bertz CT molecular complexity index is 669. The molecule has 1 aliphatic heterocycles. The van der Waals surface area contributed by atoms with Crippen LogP contribution in [0.25, 0.3) is 0 Å². The molecule has 1 aromatic rings. The number of nitrogens with zero attached hydrogens (tertiary/aromatic N) is 2. The van der Waals surface area contributed by atoms with Gasteiger partial charge in [-0.25, -0.2) is 4.79 Å². The third kappa shape index (κ3) is 6.09. The Morgan fingerprint density at radius 2 is 2.07 bits per heavy atom. The Balaban J connectivity index is 2.11. The molecular weight excluding hydrogens is 383 g/mol. The lowest BCUT2D eigenvalue weighted by Crippen LogP contribution is -2.44. The quantitative estimate of drug-likeness (QED) is 0.666. The zero-order chi connectivity index (χ0) is 21.6. The van der Waals surface area contributed by atoms with E-state index < -0.39 is 17.8 Å². The van der Waals surface area contributed by atoms with Gasteiger partial charge in [0, 0.05) is 18.8 Å². The molecule has 8 heteroatoms. The maximum atomic E-state index is 12.9. The number of carbonyl (C=O) groups excluding carboxylic acids is 1. The summed E-state index contributed by atoms with van der Waals surface area (Å²) in [5.41, 5.74) is -0.713. The summed E-state index contributed by atoms with van der Waals surface area (Å²) in [6.07, 6.45) is -1.41. The van der Waals surface area contributed by atoms with Crippen molar-refractivity contribution < 1.29 is 23.1 Å². The maximum Gasteiger partial charge on any atom is 0.416 e. The predicted molar refractivity (Wildman–Crippen MR) is 108 cm³/mol. The average molecular weight is 416 g/mol. The van der Waals surface area contributed by atoms with Gasteiger partial charge in [-0.3, -0.25) is 0 Å². The molecule has 1 saturated heterocycles. The van der Waals surface area contributed by atoms with Crippen LogP contribution in [0, 0.1) is 11.8 Å². The standard InChI is InChI=1S/C21H32F3N3O2/c1-4-6-10-26(3)13-18-15(5-2)12-27(19(18)14-28)20(29)25-17-9-7-8-16(11-17)21(22,23)24/h7-9,11,15,18-19,28H,4-6,10,12-14H2,1-3H3,(H,25,29)/t15-,18-,19-/m1/s1. The number of hydrogen-bond donors (Lipinski definition) is 2. The van der Waals surface area contributed by atoms with Crippen LogP contribution in [0.3, 0.4) is 0 Å². The Morgan fingerprint density at radius 3 is 2.66 bits per heavy atom. The highest BCUT2D eigenvalue weighted by Gasteiger charge is 2.43. The van der Waals surface area contributed by atoms with Gasteiger partial charge >= 0.3 is 12.2 Å². The van der Waals surface area contributed by atoms with E-state index in [4.69, 9.17) is 0 Å². The zero-order valence-corrected chi connectivity index (χ0v) is 17.4. The zero-order valence-electron chi connectivity index (χ0n) is 17.4. The molecule has 1 aromatic carbocycles. The summed E-state index contributed by atoms with van der Waals surface area (Å²) in [6.45, 7) is 6.24. The largest absolute Gasteiger partial charge is 0.416 e. The molecule has 29 heavy (non-hydrogen) atoms. The number of amides is 2. The molecule has 0 saturated carbocycles.